The third-order valence-electron chi connectivity index (χ3n) is 4.37. The normalized spacial score (nSPS) is 11.6. The van der Waals surface area contributed by atoms with E-state index in [1.807, 2.05) is 45.9 Å². The van der Waals surface area contributed by atoms with Gasteiger partial charge in [0.25, 0.3) is 10.0 Å². The lowest BCUT2D eigenvalue weighted by atomic mass is 10.0. The summed E-state index contributed by atoms with van der Waals surface area (Å²) in [4.78, 5) is 0.255. The van der Waals surface area contributed by atoms with E-state index in [-0.39, 0.29) is 10.8 Å². The molecule has 0 bridgehead atoms. The maximum Gasteiger partial charge on any atom is 0.261 e. The molecule has 0 aliphatic heterocycles. The largest absolute Gasteiger partial charge is 0.496 e. The zero-order valence-corrected chi connectivity index (χ0v) is 16.4. The molecule has 0 amide bonds. The van der Waals surface area contributed by atoms with Gasteiger partial charge < -0.3 is 4.74 Å². The van der Waals surface area contributed by atoms with Crippen LogP contribution in [0.25, 0.3) is 0 Å². The summed E-state index contributed by atoms with van der Waals surface area (Å²) in [5.74, 6) is 0.872. The Morgan fingerprint density at radius 1 is 1.04 bits per heavy atom. The number of aryl methyl sites for hydroxylation is 2. The molecule has 136 valence electrons. The van der Waals surface area contributed by atoms with Crippen LogP contribution in [0.3, 0.4) is 0 Å². The van der Waals surface area contributed by atoms with Gasteiger partial charge in [0.1, 0.15) is 5.75 Å². The predicted octanol–water partition coefficient (Wildman–Crippen LogP) is 4.74. The standard InChI is InChI=1S/C20H27NO3S/c1-6-15-9-8-10-16(7-2)20(15)21-25(22,23)17-11-12-19(24-5)18(13-17)14(3)4/h8-14,21H,6-7H2,1-5H3. The summed E-state index contributed by atoms with van der Waals surface area (Å²) in [5, 5.41) is 0. The van der Waals surface area contributed by atoms with Crippen molar-refractivity contribution in [1.82, 2.24) is 0 Å². The lowest BCUT2D eigenvalue weighted by Crippen LogP contribution is -2.16. The molecule has 0 atom stereocenters. The van der Waals surface area contributed by atoms with Crippen LogP contribution in [0.5, 0.6) is 5.75 Å². The smallest absolute Gasteiger partial charge is 0.261 e. The average molecular weight is 362 g/mol. The highest BCUT2D eigenvalue weighted by Gasteiger charge is 2.20. The van der Waals surface area contributed by atoms with E-state index in [4.69, 9.17) is 4.74 Å². The van der Waals surface area contributed by atoms with Crippen LogP contribution in [0, 0.1) is 0 Å². The van der Waals surface area contributed by atoms with E-state index >= 15 is 0 Å². The SMILES string of the molecule is CCc1cccc(CC)c1NS(=O)(=O)c1ccc(OC)c(C(C)C)c1. The Hall–Kier alpha value is -2.01. The van der Waals surface area contributed by atoms with Crippen molar-refractivity contribution in [2.24, 2.45) is 0 Å². The van der Waals surface area contributed by atoms with E-state index < -0.39 is 10.0 Å². The molecule has 0 radical (unpaired) electrons. The highest BCUT2D eigenvalue weighted by Crippen LogP contribution is 2.31. The van der Waals surface area contributed by atoms with Gasteiger partial charge in [0, 0.05) is 0 Å². The minimum atomic E-state index is -3.67. The van der Waals surface area contributed by atoms with E-state index in [1.165, 1.54) is 0 Å². The minimum Gasteiger partial charge on any atom is -0.496 e. The Kier molecular flexibility index (Phi) is 6.11. The number of methoxy groups -OCH3 is 1. The minimum absolute atomic E-state index is 0.166. The Balaban J connectivity index is 2.49. The van der Waals surface area contributed by atoms with Crippen LogP contribution >= 0.6 is 0 Å². The van der Waals surface area contributed by atoms with Crippen LogP contribution < -0.4 is 9.46 Å². The number of para-hydroxylation sites is 1. The first-order chi connectivity index (χ1) is 11.8. The van der Waals surface area contributed by atoms with Crippen LogP contribution in [0.4, 0.5) is 5.69 Å². The molecule has 0 fully saturated rings. The molecule has 0 saturated carbocycles. The summed E-state index contributed by atoms with van der Waals surface area (Å²) in [6, 6.07) is 10.9. The third kappa shape index (κ3) is 4.15. The van der Waals surface area contributed by atoms with Gasteiger partial charge in [-0.1, -0.05) is 45.9 Å². The van der Waals surface area contributed by atoms with E-state index in [9.17, 15) is 8.42 Å². The number of hydrogen-bond donors (Lipinski definition) is 1. The maximum atomic E-state index is 13.0. The van der Waals surface area contributed by atoms with Crippen LogP contribution in [-0.2, 0) is 22.9 Å². The van der Waals surface area contributed by atoms with Crippen molar-refractivity contribution >= 4 is 15.7 Å². The first kappa shape index (κ1) is 19.3. The van der Waals surface area contributed by atoms with Crippen LogP contribution in [0.1, 0.15) is 50.3 Å². The molecular formula is C20H27NO3S. The Bertz CT molecular complexity index is 820. The zero-order chi connectivity index (χ0) is 18.6. The van der Waals surface area contributed by atoms with Gasteiger partial charge in [-0.25, -0.2) is 8.42 Å². The second-order valence-electron chi connectivity index (χ2n) is 6.32. The second-order valence-corrected chi connectivity index (χ2v) is 8.00. The number of anilines is 1. The van der Waals surface area contributed by atoms with E-state index in [2.05, 4.69) is 4.72 Å². The molecule has 0 unspecified atom stereocenters. The van der Waals surface area contributed by atoms with Crippen molar-refractivity contribution in [3.8, 4) is 5.75 Å². The molecule has 5 heteroatoms. The fourth-order valence-electron chi connectivity index (χ4n) is 2.90. The molecule has 0 aliphatic carbocycles. The van der Waals surface area contributed by atoms with Crippen molar-refractivity contribution in [1.29, 1.82) is 0 Å². The van der Waals surface area contributed by atoms with Crippen molar-refractivity contribution in [3.05, 3.63) is 53.1 Å². The first-order valence-electron chi connectivity index (χ1n) is 8.65. The van der Waals surface area contributed by atoms with Crippen molar-refractivity contribution in [2.45, 2.75) is 51.3 Å². The molecule has 4 nitrogen and oxygen atoms in total. The molecule has 0 aromatic heterocycles. The molecule has 2 aromatic rings. The molecule has 25 heavy (non-hydrogen) atoms. The number of sulfonamides is 1. The molecular weight excluding hydrogens is 334 g/mol. The van der Waals surface area contributed by atoms with Crippen LogP contribution in [0.15, 0.2) is 41.3 Å². The number of benzene rings is 2. The fourth-order valence-corrected chi connectivity index (χ4v) is 4.08. The molecule has 0 spiro atoms. The van der Waals surface area contributed by atoms with Gasteiger partial charge in [-0.3, -0.25) is 4.72 Å². The summed E-state index contributed by atoms with van der Waals surface area (Å²) in [6.45, 7) is 8.08. The number of hydrogen-bond acceptors (Lipinski definition) is 3. The molecule has 2 rings (SSSR count). The average Bonchev–Trinajstić information content (AvgIpc) is 2.60. The van der Waals surface area contributed by atoms with Crippen molar-refractivity contribution in [3.63, 3.8) is 0 Å². The van der Waals surface area contributed by atoms with Gasteiger partial charge in [-0.15, -0.1) is 0 Å². The Labute approximate surface area is 151 Å². The summed E-state index contributed by atoms with van der Waals surface area (Å²) in [7, 11) is -2.07. The fraction of sp³-hybridized carbons (Fsp3) is 0.400. The Morgan fingerprint density at radius 2 is 1.64 bits per heavy atom. The van der Waals surface area contributed by atoms with Gasteiger partial charge in [0.2, 0.25) is 0 Å². The summed E-state index contributed by atoms with van der Waals surface area (Å²) < 4.78 is 34.1. The van der Waals surface area contributed by atoms with E-state index in [0.29, 0.717) is 11.4 Å². The topological polar surface area (TPSA) is 55.4 Å². The van der Waals surface area contributed by atoms with Crippen molar-refractivity contribution < 1.29 is 13.2 Å². The number of ether oxygens (including phenoxy) is 1. The van der Waals surface area contributed by atoms with Gasteiger partial charge in [0.05, 0.1) is 17.7 Å². The molecule has 0 saturated heterocycles. The molecule has 2 aromatic carbocycles. The third-order valence-corrected chi connectivity index (χ3v) is 5.72. The highest BCUT2D eigenvalue weighted by molar-refractivity contribution is 7.92. The lowest BCUT2D eigenvalue weighted by Gasteiger charge is -2.17. The Morgan fingerprint density at radius 3 is 2.12 bits per heavy atom. The van der Waals surface area contributed by atoms with E-state index in [1.54, 1.807) is 25.3 Å². The number of nitrogens with one attached hydrogen (secondary N) is 1. The van der Waals surface area contributed by atoms with Gasteiger partial charge in [0.15, 0.2) is 0 Å². The number of rotatable bonds is 7. The summed E-state index contributed by atoms with van der Waals surface area (Å²) >= 11 is 0. The van der Waals surface area contributed by atoms with E-state index in [0.717, 1.165) is 29.5 Å². The van der Waals surface area contributed by atoms with Crippen LogP contribution in [-0.4, -0.2) is 15.5 Å². The molecule has 1 N–H and O–H groups in total. The highest BCUT2D eigenvalue weighted by atomic mass is 32.2. The van der Waals surface area contributed by atoms with Gasteiger partial charge in [-0.05, 0) is 53.6 Å². The predicted molar refractivity (Wildman–Crippen MR) is 103 cm³/mol. The van der Waals surface area contributed by atoms with Gasteiger partial charge >= 0.3 is 0 Å². The molecule has 0 aliphatic rings. The monoisotopic (exact) mass is 361 g/mol. The quantitative estimate of drug-likeness (QED) is 0.774. The van der Waals surface area contributed by atoms with Crippen LogP contribution in [0.2, 0.25) is 0 Å². The molecule has 0 heterocycles. The zero-order valence-electron chi connectivity index (χ0n) is 15.6. The summed E-state index contributed by atoms with van der Waals surface area (Å²) in [5.41, 5.74) is 3.58. The second kappa shape index (κ2) is 7.91. The summed E-state index contributed by atoms with van der Waals surface area (Å²) in [6.07, 6.45) is 1.54. The van der Waals surface area contributed by atoms with Crippen molar-refractivity contribution in [2.75, 3.05) is 11.8 Å². The first-order valence-corrected chi connectivity index (χ1v) is 10.1. The maximum absolute atomic E-state index is 13.0. The lowest BCUT2D eigenvalue weighted by molar-refractivity contribution is 0.407. The van der Waals surface area contributed by atoms with Gasteiger partial charge in [-0.2, -0.15) is 0 Å².